The quantitative estimate of drug-likeness (QED) is 0.702. The van der Waals surface area contributed by atoms with Crippen molar-refractivity contribution in [2.75, 3.05) is 0 Å². The van der Waals surface area contributed by atoms with E-state index in [1.807, 2.05) is 25.1 Å². The van der Waals surface area contributed by atoms with Crippen LogP contribution in [0.3, 0.4) is 0 Å². The topological polar surface area (TPSA) is 38.7 Å². The Labute approximate surface area is 134 Å². The molecule has 0 bridgehead atoms. The van der Waals surface area contributed by atoms with Crippen molar-refractivity contribution in [2.24, 2.45) is 0 Å². The second kappa shape index (κ2) is 5.61. The number of fused-ring (bicyclic) bond motifs is 1. The van der Waals surface area contributed by atoms with Gasteiger partial charge in [0.2, 0.25) is 0 Å². The number of hydrogen-bond donors (Lipinski definition) is 0. The fourth-order valence-electron chi connectivity index (χ4n) is 2.99. The van der Waals surface area contributed by atoms with Crippen molar-refractivity contribution in [1.82, 2.24) is 15.0 Å². The lowest BCUT2D eigenvalue weighted by Gasteiger charge is -2.18. The highest BCUT2D eigenvalue weighted by atomic mass is 32.1. The molecule has 1 aliphatic carbocycles. The van der Waals surface area contributed by atoms with Gasteiger partial charge in [-0.2, -0.15) is 0 Å². The molecule has 0 amide bonds. The van der Waals surface area contributed by atoms with Gasteiger partial charge in [-0.15, -0.1) is 11.3 Å². The summed E-state index contributed by atoms with van der Waals surface area (Å²) < 4.78 is 0. The van der Waals surface area contributed by atoms with Crippen LogP contribution >= 0.6 is 11.3 Å². The molecule has 1 aliphatic rings. The summed E-state index contributed by atoms with van der Waals surface area (Å²) in [6, 6.07) is 10.3. The largest absolute Gasteiger partial charge is 0.250 e. The third-order valence-corrected chi connectivity index (χ3v) is 4.93. The molecule has 4 heteroatoms. The van der Waals surface area contributed by atoms with E-state index >= 15 is 0 Å². The van der Waals surface area contributed by atoms with Crippen LogP contribution in [0.1, 0.15) is 29.8 Å². The van der Waals surface area contributed by atoms with Crippen LogP contribution in [0.5, 0.6) is 0 Å². The van der Waals surface area contributed by atoms with Gasteiger partial charge in [0.15, 0.2) is 5.82 Å². The molecular weight excluding hydrogens is 290 g/mol. The minimum Gasteiger partial charge on any atom is -0.250 e. The van der Waals surface area contributed by atoms with Crippen LogP contribution in [0.25, 0.3) is 22.1 Å². The zero-order chi connectivity index (χ0) is 14.9. The highest BCUT2D eigenvalue weighted by Crippen LogP contribution is 2.33. The molecule has 0 saturated heterocycles. The van der Waals surface area contributed by atoms with Crippen molar-refractivity contribution in [3.8, 4) is 22.1 Å². The molecule has 0 aliphatic heterocycles. The summed E-state index contributed by atoms with van der Waals surface area (Å²) in [6.45, 7) is 2.00. The first-order valence-corrected chi connectivity index (χ1v) is 8.57. The van der Waals surface area contributed by atoms with Crippen LogP contribution in [0.2, 0.25) is 0 Å². The average molecular weight is 307 g/mol. The van der Waals surface area contributed by atoms with Crippen molar-refractivity contribution in [3.63, 3.8) is 0 Å². The van der Waals surface area contributed by atoms with Crippen LogP contribution in [0, 0.1) is 6.92 Å². The van der Waals surface area contributed by atoms with Crippen LogP contribution in [-0.2, 0) is 12.8 Å². The van der Waals surface area contributed by atoms with Crippen molar-refractivity contribution in [3.05, 3.63) is 52.7 Å². The number of nitrogens with zero attached hydrogens (tertiary/aromatic N) is 3. The summed E-state index contributed by atoms with van der Waals surface area (Å²) in [6.07, 6.45) is 4.59. The van der Waals surface area contributed by atoms with E-state index in [1.54, 1.807) is 11.3 Å². The Bertz CT molecular complexity index is 809. The first-order chi connectivity index (χ1) is 10.8. The Morgan fingerprint density at radius 1 is 0.955 bits per heavy atom. The van der Waals surface area contributed by atoms with E-state index in [4.69, 9.17) is 9.97 Å². The van der Waals surface area contributed by atoms with Crippen LogP contribution in [0.15, 0.2) is 35.7 Å². The molecule has 0 saturated carbocycles. The molecule has 0 fully saturated rings. The van der Waals surface area contributed by atoms with Gasteiger partial charge in [0.05, 0.1) is 10.6 Å². The van der Waals surface area contributed by atoms with Crippen LogP contribution in [-0.4, -0.2) is 15.0 Å². The van der Waals surface area contributed by atoms with E-state index in [2.05, 4.69) is 22.5 Å². The maximum absolute atomic E-state index is 4.88. The second-order valence-electron chi connectivity index (χ2n) is 5.67. The first-order valence-electron chi connectivity index (χ1n) is 7.69. The Kier molecular flexibility index (Phi) is 3.47. The molecule has 110 valence electrons. The van der Waals surface area contributed by atoms with Gasteiger partial charge in [-0.05, 0) is 56.2 Å². The summed E-state index contributed by atoms with van der Waals surface area (Å²) in [7, 11) is 0. The third kappa shape index (κ3) is 2.44. The van der Waals surface area contributed by atoms with Gasteiger partial charge in [0.25, 0.3) is 0 Å². The van der Waals surface area contributed by atoms with Crippen LogP contribution in [0.4, 0.5) is 0 Å². The summed E-state index contributed by atoms with van der Waals surface area (Å²) in [5.41, 5.74) is 5.52. The fraction of sp³-hybridized carbons (Fsp3) is 0.278. The molecule has 0 radical (unpaired) electrons. The predicted molar refractivity (Wildman–Crippen MR) is 90.0 cm³/mol. The lowest BCUT2D eigenvalue weighted by atomic mass is 9.94. The molecule has 0 unspecified atom stereocenters. The summed E-state index contributed by atoms with van der Waals surface area (Å²) >= 11 is 1.75. The number of rotatable bonds is 2. The molecule has 4 rings (SSSR count). The van der Waals surface area contributed by atoms with E-state index in [0.717, 1.165) is 35.7 Å². The molecule has 0 aromatic carbocycles. The molecule has 3 heterocycles. The van der Waals surface area contributed by atoms with Crippen molar-refractivity contribution < 1.29 is 0 Å². The van der Waals surface area contributed by atoms with Gasteiger partial charge in [0.1, 0.15) is 5.69 Å². The number of aryl methyl sites for hydroxylation is 2. The predicted octanol–water partition coefficient (Wildman–Crippen LogP) is 4.45. The third-order valence-electron chi connectivity index (χ3n) is 4.06. The standard InChI is InChI=1S/C18H17N3S/c1-12-6-4-9-15(19-12)18-20-14-8-3-2-7-13(14)17(21-18)16-10-5-11-22-16/h4-6,9-11H,2-3,7-8H2,1H3. The number of hydrogen-bond acceptors (Lipinski definition) is 4. The van der Waals surface area contributed by atoms with Crippen molar-refractivity contribution >= 4 is 11.3 Å². The van der Waals surface area contributed by atoms with E-state index in [9.17, 15) is 0 Å². The van der Waals surface area contributed by atoms with Gasteiger partial charge >= 0.3 is 0 Å². The Morgan fingerprint density at radius 2 is 1.86 bits per heavy atom. The normalized spacial score (nSPS) is 13.9. The first kappa shape index (κ1) is 13.6. The molecule has 0 atom stereocenters. The minimum atomic E-state index is 0.757. The molecule has 0 spiro atoms. The number of aromatic nitrogens is 3. The van der Waals surface area contributed by atoms with E-state index in [1.165, 1.54) is 29.0 Å². The van der Waals surface area contributed by atoms with Gasteiger partial charge in [0, 0.05) is 17.0 Å². The van der Waals surface area contributed by atoms with Crippen molar-refractivity contribution in [1.29, 1.82) is 0 Å². The summed E-state index contributed by atoms with van der Waals surface area (Å²) in [4.78, 5) is 15.5. The SMILES string of the molecule is Cc1cccc(-c2nc3c(c(-c4cccs4)n2)CCCC3)n1. The van der Waals surface area contributed by atoms with Gasteiger partial charge in [-0.25, -0.2) is 15.0 Å². The maximum Gasteiger partial charge on any atom is 0.179 e. The van der Waals surface area contributed by atoms with Gasteiger partial charge < -0.3 is 0 Å². The molecule has 3 aromatic rings. The minimum absolute atomic E-state index is 0.757. The highest BCUT2D eigenvalue weighted by Gasteiger charge is 2.20. The van der Waals surface area contributed by atoms with E-state index < -0.39 is 0 Å². The van der Waals surface area contributed by atoms with Crippen molar-refractivity contribution in [2.45, 2.75) is 32.6 Å². The summed E-state index contributed by atoms with van der Waals surface area (Å²) in [5, 5.41) is 2.11. The molecule has 22 heavy (non-hydrogen) atoms. The maximum atomic E-state index is 4.88. The Hall–Kier alpha value is -2.07. The lowest BCUT2D eigenvalue weighted by Crippen LogP contribution is -2.10. The zero-order valence-electron chi connectivity index (χ0n) is 12.5. The monoisotopic (exact) mass is 307 g/mol. The number of pyridine rings is 1. The number of thiophene rings is 1. The smallest absolute Gasteiger partial charge is 0.179 e. The second-order valence-corrected chi connectivity index (χ2v) is 6.62. The Balaban J connectivity index is 1.92. The molecule has 3 nitrogen and oxygen atoms in total. The van der Waals surface area contributed by atoms with Gasteiger partial charge in [-0.1, -0.05) is 12.1 Å². The Morgan fingerprint density at radius 3 is 2.68 bits per heavy atom. The fourth-order valence-corrected chi connectivity index (χ4v) is 3.73. The highest BCUT2D eigenvalue weighted by molar-refractivity contribution is 7.13. The van der Waals surface area contributed by atoms with Gasteiger partial charge in [-0.3, -0.25) is 0 Å². The van der Waals surface area contributed by atoms with E-state index in [-0.39, 0.29) is 0 Å². The summed E-state index contributed by atoms with van der Waals surface area (Å²) in [5.74, 6) is 0.757. The zero-order valence-corrected chi connectivity index (χ0v) is 13.4. The van der Waals surface area contributed by atoms with Crippen LogP contribution < -0.4 is 0 Å². The molecule has 3 aromatic heterocycles. The van der Waals surface area contributed by atoms with E-state index in [0.29, 0.717) is 0 Å². The lowest BCUT2D eigenvalue weighted by molar-refractivity contribution is 0.665. The average Bonchev–Trinajstić information content (AvgIpc) is 3.08. The molecule has 0 N–H and O–H groups in total. The molecular formula is C18H17N3S.